The van der Waals surface area contributed by atoms with E-state index in [-0.39, 0.29) is 5.56 Å². The highest BCUT2D eigenvalue weighted by Crippen LogP contribution is 2.30. The van der Waals surface area contributed by atoms with E-state index in [2.05, 4.69) is 31.0 Å². The number of carbonyl (C=O) groups is 1. The molecule has 0 aromatic carbocycles. The summed E-state index contributed by atoms with van der Waals surface area (Å²) < 4.78 is 25.6. The Morgan fingerprint density at radius 2 is 2.07 bits per heavy atom. The zero-order chi connectivity index (χ0) is 20.0. The van der Waals surface area contributed by atoms with Crippen LogP contribution in [0.25, 0.3) is 5.65 Å². The Hall–Kier alpha value is -3.63. The zero-order valence-electron chi connectivity index (χ0n) is 15.5. The van der Waals surface area contributed by atoms with Gasteiger partial charge in [0.2, 0.25) is 0 Å². The molecule has 0 bridgehead atoms. The Morgan fingerprint density at radius 1 is 1.24 bits per heavy atom. The Balaban J connectivity index is 1.47. The first kappa shape index (κ1) is 17.5. The SMILES string of the molecule is CNc1cc(Nc2ccc3c(n2)OCCO3)nc2c(C(=O)N[C@H]3C[C@H]3F)cnn12. The summed E-state index contributed by atoms with van der Waals surface area (Å²) in [5.41, 5.74) is 0.602. The number of hydrogen-bond donors (Lipinski definition) is 3. The molecule has 4 heterocycles. The Bertz CT molecular complexity index is 1100. The van der Waals surface area contributed by atoms with Crippen LogP contribution in [0.4, 0.5) is 21.8 Å². The van der Waals surface area contributed by atoms with Crippen LogP contribution in [0.1, 0.15) is 16.8 Å². The number of nitrogens with one attached hydrogen (secondary N) is 3. The summed E-state index contributed by atoms with van der Waals surface area (Å²) in [7, 11) is 1.74. The highest BCUT2D eigenvalue weighted by atomic mass is 19.1. The maximum atomic E-state index is 13.1. The number of rotatable bonds is 5. The molecule has 1 saturated carbocycles. The predicted molar refractivity (Wildman–Crippen MR) is 102 cm³/mol. The number of carbonyl (C=O) groups excluding carboxylic acids is 1. The van der Waals surface area contributed by atoms with Crippen molar-refractivity contribution in [2.24, 2.45) is 0 Å². The van der Waals surface area contributed by atoms with Gasteiger partial charge in [-0.25, -0.2) is 9.37 Å². The summed E-state index contributed by atoms with van der Waals surface area (Å²) >= 11 is 0. The first-order valence-corrected chi connectivity index (χ1v) is 9.17. The van der Waals surface area contributed by atoms with E-state index in [1.165, 1.54) is 10.7 Å². The van der Waals surface area contributed by atoms with E-state index in [0.717, 1.165) is 0 Å². The predicted octanol–water partition coefficient (Wildman–Crippen LogP) is 1.52. The van der Waals surface area contributed by atoms with Gasteiger partial charge in [0, 0.05) is 19.5 Å². The number of fused-ring (bicyclic) bond motifs is 2. The summed E-state index contributed by atoms with van der Waals surface area (Å²) in [5, 5.41) is 13.0. The topological polar surface area (TPSA) is 115 Å². The number of nitrogens with zero attached hydrogens (tertiary/aromatic N) is 4. The van der Waals surface area contributed by atoms with E-state index in [4.69, 9.17) is 9.47 Å². The normalized spacial score (nSPS) is 19.7. The number of pyridine rings is 1. The number of hydrogen-bond acceptors (Lipinski definition) is 8. The van der Waals surface area contributed by atoms with Gasteiger partial charge >= 0.3 is 0 Å². The molecule has 2 aliphatic rings. The number of anilines is 3. The number of ether oxygens (including phenoxy) is 2. The third kappa shape index (κ3) is 3.24. The fourth-order valence-electron chi connectivity index (χ4n) is 3.06. The molecule has 0 unspecified atom stereocenters. The van der Waals surface area contributed by atoms with Crippen molar-refractivity contribution in [3.8, 4) is 11.6 Å². The summed E-state index contributed by atoms with van der Waals surface area (Å²) in [6.07, 6.45) is 0.767. The molecule has 3 aromatic rings. The van der Waals surface area contributed by atoms with E-state index in [1.54, 1.807) is 25.2 Å². The first-order chi connectivity index (χ1) is 14.1. The molecule has 29 heavy (non-hydrogen) atoms. The van der Waals surface area contributed by atoms with Crippen LogP contribution in [0, 0.1) is 0 Å². The maximum absolute atomic E-state index is 13.1. The third-order valence-corrected chi connectivity index (χ3v) is 4.66. The van der Waals surface area contributed by atoms with E-state index in [0.29, 0.717) is 54.4 Å². The molecule has 3 aromatic heterocycles. The molecule has 0 saturated heterocycles. The molecule has 10 nitrogen and oxygen atoms in total. The summed E-state index contributed by atoms with van der Waals surface area (Å²) in [5.74, 6) is 2.17. The summed E-state index contributed by atoms with van der Waals surface area (Å²) in [6.45, 7) is 0.924. The largest absolute Gasteiger partial charge is 0.484 e. The van der Waals surface area contributed by atoms with Crippen molar-refractivity contribution in [2.45, 2.75) is 18.6 Å². The van der Waals surface area contributed by atoms with Gasteiger partial charge in [0.15, 0.2) is 11.4 Å². The fraction of sp³-hybridized carbons (Fsp3) is 0.333. The van der Waals surface area contributed by atoms with E-state index < -0.39 is 18.1 Å². The van der Waals surface area contributed by atoms with E-state index in [9.17, 15) is 9.18 Å². The van der Waals surface area contributed by atoms with Crippen LogP contribution in [0.5, 0.6) is 11.6 Å². The van der Waals surface area contributed by atoms with E-state index in [1.807, 2.05) is 0 Å². The highest BCUT2D eigenvalue weighted by Gasteiger charge is 2.39. The molecule has 2 atom stereocenters. The standard InChI is InChI=1S/C18H18FN7O3/c1-20-15-7-14(23-13-3-2-12-18(25-13)29-5-4-28-12)24-16-9(8-21-26(15)16)17(27)22-11-6-10(11)19/h2-3,7-8,10-11,20H,4-6H2,1H3,(H,22,27)(H,23,24,25)/t10-,11+/m1/s1. The van der Waals surface area contributed by atoms with Crippen molar-refractivity contribution in [1.82, 2.24) is 24.9 Å². The van der Waals surface area contributed by atoms with Crippen molar-refractivity contribution in [1.29, 1.82) is 0 Å². The molecule has 3 N–H and O–H groups in total. The summed E-state index contributed by atoms with van der Waals surface area (Å²) in [4.78, 5) is 21.4. The Labute approximate surface area is 164 Å². The van der Waals surface area contributed by atoms with E-state index >= 15 is 0 Å². The van der Waals surface area contributed by atoms with Gasteiger partial charge in [0.05, 0.1) is 12.2 Å². The molecule has 1 fully saturated rings. The molecular weight excluding hydrogens is 381 g/mol. The van der Waals surface area contributed by atoms with Gasteiger partial charge in [-0.2, -0.15) is 14.6 Å². The number of halogens is 1. The van der Waals surface area contributed by atoms with Crippen LogP contribution in [-0.2, 0) is 0 Å². The molecule has 1 amide bonds. The van der Waals surface area contributed by atoms with Crippen LogP contribution in [-0.4, -0.2) is 58.0 Å². The van der Waals surface area contributed by atoms with Crippen molar-refractivity contribution in [3.05, 3.63) is 30.0 Å². The monoisotopic (exact) mass is 399 g/mol. The number of amides is 1. The zero-order valence-corrected chi connectivity index (χ0v) is 15.5. The maximum Gasteiger partial charge on any atom is 0.259 e. The van der Waals surface area contributed by atoms with Crippen molar-refractivity contribution >= 4 is 29.0 Å². The second kappa shape index (κ2) is 6.76. The minimum Gasteiger partial charge on any atom is -0.484 e. The average Bonchev–Trinajstić information content (AvgIpc) is 3.24. The van der Waals surface area contributed by atoms with Crippen LogP contribution >= 0.6 is 0 Å². The van der Waals surface area contributed by atoms with Crippen molar-refractivity contribution in [3.63, 3.8) is 0 Å². The van der Waals surface area contributed by atoms with Gasteiger partial charge in [-0.15, -0.1) is 0 Å². The molecular formula is C18H18FN7O3. The van der Waals surface area contributed by atoms with Gasteiger partial charge in [0.1, 0.15) is 42.4 Å². The average molecular weight is 399 g/mol. The number of aromatic nitrogens is 4. The smallest absolute Gasteiger partial charge is 0.259 e. The lowest BCUT2D eigenvalue weighted by Gasteiger charge is -2.18. The van der Waals surface area contributed by atoms with Crippen LogP contribution in [0.15, 0.2) is 24.4 Å². The lowest BCUT2D eigenvalue weighted by molar-refractivity contribution is 0.0949. The van der Waals surface area contributed by atoms with Gasteiger partial charge in [-0.3, -0.25) is 4.79 Å². The minimum absolute atomic E-state index is 0.263. The van der Waals surface area contributed by atoms with Gasteiger partial charge < -0.3 is 25.4 Å². The molecule has 0 spiro atoms. The third-order valence-electron chi connectivity index (χ3n) is 4.66. The lowest BCUT2D eigenvalue weighted by Crippen LogP contribution is -2.27. The van der Waals surface area contributed by atoms with Crippen molar-refractivity contribution in [2.75, 3.05) is 30.9 Å². The number of alkyl halides is 1. The fourth-order valence-corrected chi connectivity index (χ4v) is 3.06. The van der Waals surface area contributed by atoms with Gasteiger partial charge in [0.25, 0.3) is 11.8 Å². The summed E-state index contributed by atoms with van der Waals surface area (Å²) in [6, 6.07) is 4.81. The first-order valence-electron chi connectivity index (χ1n) is 9.17. The molecule has 11 heteroatoms. The van der Waals surface area contributed by atoms with Crippen LogP contribution in [0.2, 0.25) is 0 Å². The van der Waals surface area contributed by atoms with Crippen LogP contribution in [0.3, 0.4) is 0 Å². The quantitative estimate of drug-likeness (QED) is 0.592. The van der Waals surface area contributed by atoms with Gasteiger partial charge in [-0.05, 0) is 12.1 Å². The van der Waals surface area contributed by atoms with Crippen LogP contribution < -0.4 is 25.4 Å². The highest BCUT2D eigenvalue weighted by molar-refractivity contribution is 6.00. The minimum atomic E-state index is -0.986. The van der Waals surface area contributed by atoms with Gasteiger partial charge in [-0.1, -0.05) is 0 Å². The molecule has 1 aliphatic heterocycles. The lowest BCUT2D eigenvalue weighted by atomic mass is 10.3. The Morgan fingerprint density at radius 3 is 2.86 bits per heavy atom. The second-order valence-corrected chi connectivity index (χ2v) is 6.72. The molecule has 150 valence electrons. The Kier molecular flexibility index (Phi) is 4.07. The molecule has 0 radical (unpaired) electrons. The molecule has 1 aliphatic carbocycles. The van der Waals surface area contributed by atoms with Crippen molar-refractivity contribution < 1.29 is 18.7 Å². The second-order valence-electron chi connectivity index (χ2n) is 6.72. The molecule has 5 rings (SSSR count).